The Morgan fingerprint density at radius 3 is 2.44 bits per heavy atom. The zero-order valence-corrected chi connectivity index (χ0v) is 9.68. The fraction of sp³-hybridized carbons (Fsp3) is 0.417. The Hall–Kier alpha value is -1.55. The minimum absolute atomic E-state index is 0.0668. The summed E-state index contributed by atoms with van der Waals surface area (Å²) in [6.07, 6.45) is 0.0668. The predicted molar refractivity (Wildman–Crippen MR) is 64.7 cm³/mol. The van der Waals surface area contributed by atoms with Crippen LogP contribution < -0.4 is 10.6 Å². The number of anilines is 1. The van der Waals surface area contributed by atoms with Crippen molar-refractivity contribution in [1.82, 2.24) is 0 Å². The van der Waals surface area contributed by atoms with Crippen LogP contribution >= 0.6 is 0 Å². The molecule has 4 heteroatoms. The fourth-order valence-corrected chi connectivity index (χ4v) is 1.58. The molecule has 1 aromatic carbocycles. The van der Waals surface area contributed by atoms with E-state index in [4.69, 9.17) is 10.8 Å². The second-order valence-electron chi connectivity index (χ2n) is 4.09. The maximum atomic E-state index is 10.5. The number of nitrogens with zero attached hydrogens (tertiary/aromatic N) is 1. The lowest BCUT2D eigenvalue weighted by atomic mass is 10.1. The van der Waals surface area contributed by atoms with E-state index in [0.717, 1.165) is 17.8 Å². The van der Waals surface area contributed by atoms with Crippen molar-refractivity contribution in [3.8, 4) is 0 Å². The minimum atomic E-state index is -0.809. The van der Waals surface area contributed by atoms with E-state index in [9.17, 15) is 4.79 Å². The van der Waals surface area contributed by atoms with Crippen LogP contribution in [0.3, 0.4) is 0 Å². The van der Waals surface area contributed by atoms with Crippen LogP contribution in [0.2, 0.25) is 0 Å². The van der Waals surface area contributed by atoms with Crippen LogP contribution in [-0.4, -0.2) is 30.7 Å². The third-order valence-electron chi connectivity index (χ3n) is 2.29. The second-order valence-corrected chi connectivity index (χ2v) is 4.09. The van der Waals surface area contributed by atoms with Crippen LogP contribution in [0.25, 0.3) is 0 Å². The van der Waals surface area contributed by atoms with E-state index in [0.29, 0.717) is 0 Å². The van der Waals surface area contributed by atoms with Gasteiger partial charge in [-0.1, -0.05) is 12.1 Å². The molecule has 0 amide bonds. The van der Waals surface area contributed by atoms with Crippen molar-refractivity contribution in [3.05, 3.63) is 29.8 Å². The molecule has 0 saturated heterocycles. The van der Waals surface area contributed by atoms with E-state index in [1.54, 1.807) is 0 Å². The number of carbonyl (C=O) groups is 1. The molecule has 3 N–H and O–H groups in total. The highest BCUT2D eigenvalue weighted by atomic mass is 16.4. The van der Waals surface area contributed by atoms with Gasteiger partial charge in [0.05, 0.1) is 6.42 Å². The molecule has 0 aliphatic carbocycles. The standard InChI is InChI=1S/C12H18N2O2/c1-9(13)8-14(2)11-5-3-10(4-6-11)7-12(15)16/h3-6,9H,7-8,13H2,1-2H3,(H,15,16). The van der Waals surface area contributed by atoms with Crippen LogP contribution in [0.5, 0.6) is 0 Å². The van der Waals surface area contributed by atoms with Crippen LogP contribution in [0.4, 0.5) is 5.69 Å². The first-order valence-corrected chi connectivity index (χ1v) is 5.26. The summed E-state index contributed by atoms with van der Waals surface area (Å²) in [6, 6.07) is 7.62. The SMILES string of the molecule is CC(N)CN(C)c1ccc(CC(=O)O)cc1. The number of rotatable bonds is 5. The Kier molecular flexibility index (Phi) is 4.31. The number of hydrogen-bond acceptors (Lipinski definition) is 3. The van der Waals surface area contributed by atoms with Crippen molar-refractivity contribution >= 4 is 11.7 Å². The average Bonchev–Trinajstić information content (AvgIpc) is 2.16. The van der Waals surface area contributed by atoms with E-state index >= 15 is 0 Å². The highest BCUT2D eigenvalue weighted by molar-refractivity contribution is 5.70. The Morgan fingerprint density at radius 2 is 2.00 bits per heavy atom. The van der Waals surface area contributed by atoms with Crippen molar-refractivity contribution < 1.29 is 9.90 Å². The highest BCUT2D eigenvalue weighted by Crippen LogP contribution is 2.14. The topological polar surface area (TPSA) is 66.6 Å². The largest absolute Gasteiger partial charge is 0.481 e. The Bertz CT molecular complexity index is 347. The number of carboxylic acids is 1. The van der Waals surface area contributed by atoms with Gasteiger partial charge in [-0.15, -0.1) is 0 Å². The third kappa shape index (κ3) is 3.90. The van der Waals surface area contributed by atoms with Crippen molar-refractivity contribution in [2.75, 3.05) is 18.5 Å². The molecule has 0 fully saturated rings. The van der Waals surface area contributed by atoms with Crippen molar-refractivity contribution in [2.45, 2.75) is 19.4 Å². The molecule has 0 aliphatic rings. The lowest BCUT2D eigenvalue weighted by molar-refractivity contribution is -0.136. The number of nitrogens with two attached hydrogens (primary N) is 1. The van der Waals surface area contributed by atoms with Gasteiger partial charge in [-0.3, -0.25) is 4.79 Å². The van der Waals surface area contributed by atoms with Crippen LogP contribution in [-0.2, 0) is 11.2 Å². The molecule has 16 heavy (non-hydrogen) atoms. The normalized spacial score (nSPS) is 12.2. The van der Waals surface area contributed by atoms with E-state index < -0.39 is 5.97 Å². The third-order valence-corrected chi connectivity index (χ3v) is 2.29. The lowest BCUT2D eigenvalue weighted by Crippen LogP contribution is -2.32. The number of hydrogen-bond donors (Lipinski definition) is 2. The molecule has 0 radical (unpaired) electrons. The monoisotopic (exact) mass is 222 g/mol. The molecule has 1 aromatic rings. The average molecular weight is 222 g/mol. The van der Waals surface area contributed by atoms with Gasteiger partial charge in [0.15, 0.2) is 0 Å². The number of carboxylic acid groups (broad SMARTS) is 1. The molecule has 1 atom stereocenters. The van der Waals surface area contributed by atoms with E-state index in [-0.39, 0.29) is 12.5 Å². The molecule has 0 saturated carbocycles. The minimum Gasteiger partial charge on any atom is -0.481 e. The fourth-order valence-electron chi connectivity index (χ4n) is 1.58. The summed E-state index contributed by atoms with van der Waals surface area (Å²) in [5.41, 5.74) is 7.57. The smallest absolute Gasteiger partial charge is 0.307 e. The Balaban J connectivity index is 2.66. The van der Waals surface area contributed by atoms with Crippen LogP contribution in [0.15, 0.2) is 24.3 Å². The summed E-state index contributed by atoms with van der Waals surface area (Å²) < 4.78 is 0. The van der Waals surface area contributed by atoms with Gasteiger partial charge in [0.1, 0.15) is 0 Å². The zero-order valence-electron chi connectivity index (χ0n) is 9.68. The molecule has 0 aliphatic heterocycles. The molecular formula is C12H18N2O2. The summed E-state index contributed by atoms with van der Waals surface area (Å²) in [4.78, 5) is 12.6. The first-order chi connectivity index (χ1) is 7.49. The summed E-state index contributed by atoms with van der Waals surface area (Å²) in [5, 5.41) is 8.64. The molecule has 4 nitrogen and oxygen atoms in total. The van der Waals surface area contributed by atoms with Crippen molar-refractivity contribution in [3.63, 3.8) is 0 Å². The van der Waals surface area contributed by atoms with Gasteiger partial charge in [-0.2, -0.15) is 0 Å². The highest BCUT2D eigenvalue weighted by Gasteiger charge is 2.04. The molecule has 1 unspecified atom stereocenters. The lowest BCUT2D eigenvalue weighted by Gasteiger charge is -2.21. The summed E-state index contributed by atoms with van der Waals surface area (Å²) >= 11 is 0. The van der Waals surface area contributed by atoms with Gasteiger partial charge in [0.25, 0.3) is 0 Å². The first kappa shape index (κ1) is 12.5. The Labute approximate surface area is 95.7 Å². The molecule has 88 valence electrons. The maximum absolute atomic E-state index is 10.5. The molecule has 0 spiro atoms. The van der Waals surface area contributed by atoms with Gasteiger partial charge in [-0.05, 0) is 24.6 Å². The van der Waals surface area contributed by atoms with Crippen LogP contribution in [0.1, 0.15) is 12.5 Å². The van der Waals surface area contributed by atoms with E-state index in [1.807, 2.05) is 38.2 Å². The summed E-state index contributed by atoms with van der Waals surface area (Å²) in [5.74, 6) is -0.809. The number of aliphatic carboxylic acids is 1. The van der Waals surface area contributed by atoms with Gasteiger partial charge in [0, 0.05) is 25.3 Å². The predicted octanol–water partition coefficient (Wildman–Crippen LogP) is 1.10. The van der Waals surface area contributed by atoms with Gasteiger partial charge < -0.3 is 15.7 Å². The molecule has 0 bridgehead atoms. The quantitative estimate of drug-likeness (QED) is 0.783. The number of benzene rings is 1. The van der Waals surface area contributed by atoms with Gasteiger partial charge in [-0.25, -0.2) is 0 Å². The van der Waals surface area contributed by atoms with E-state index in [1.165, 1.54) is 0 Å². The Morgan fingerprint density at radius 1 is 1.44 bits per heavy atom. The van der Waals surface area contributed by atoms with Crippen molar-refractivity contribution in [2.24, 2.45) is 5.73 Å². The first-order valence-electron chi connectivity index (χ1n) is 5.26. The molecule has 1 rings (SSSR count). The molecule has 0 aromatic heterocycles. The van der Waals surface area contributed by atoms with Crippen molar-refractivity contribution in [1.29, 1.82) is 0 Å². The summed E-state index contributed by atoms with van der Waals surface area (Å²) in [6.45, 7) is 2.73. The molecular weight excluding hydrogens is 204 g/mol. The molecule has 0 heterocycles. The zero-order chi connectivity index (χ0) is 12.1. The van der Waals surface area contributed by atoms with Gasteiger partial charge >= 0.3 is 5.97 Å². The maximum Gasteiger partial charge on any atom is 0.307 e. The summed E-state index contributed by atoms with van der Waals surface area (Å²) in [7, 11) is 1.97. The van der Waals surface area contributed by atoms with Gasteiger partial charge in [0.2, 0.25) is 0 Å². The van der Waals surface area contributed by atoms with Crippen LogP contribution in [0, 0.1) is 0 Å². The number of likely N-dealkylation sites (N-methyl/N-ethyl adjacent to an activating group) is 1. The second kappa shape index (κ2) is 5.51. The van der Waals surface area contributed by atoms with E-state index in [2.05, 4.69) is 4.90 Å².